The van der Waals surface area contributed by atoms with Crippen LogP contribution in [0.5, 0.6) is 11.5 Å². The van der Waals surface area contributed by atoms with Gasteiger partial charge in [-0.05, 0) is 89.8 Å². The summed E-state index contributed by atoms with van der Waals surface area (Å²) in [5.74, 6) is -0.834. The van der Waals surface area contributed by atoms with Gasteiger partial charge in [0.15, 0.2) is 11.5 Å². The van der Waals surface area contributed by atoms with Gasteiger partial charge in [-0.25, -0.2) is 0 Å². The molecule has 182 valence electrons. The molecule has 0 atom stereocenters. The number of carboxylic acid groups (broad SMARTS) is 1. The van der Waals surface area contributed by atoms with Gasteiger partial charge in [-0.2, -0.15) is 0 Å². The van der Waals surface area contributed by atoms with Gasteiger partial charge in [-0.1, -0.05) is 38.2 Å². The van der Waals surface area contributed by atoms with Gasteiger partial charge >= 0.3 is 5.97 Å². The smallest absolute Gasteiger partial charge is 0.309 e. The molecule has 0 unspecified atom stereocenters. The molecule has 0 saturated heterocycles. The second-order valence-corrected chi connectivity index (χ2v) is 10.1. The lowest BCUT2D eigenvalue weighted by atomic mass is 9.87. The fourth-order valence-electron chi connectivity index (χ4n) is 3.84. The molecular formula is C26H42O6. The number of aromatic hydroxyl groups is 2. The number of hydrogen-bond donors (Lipinski definition) is 3. The van der Waals surface area contributed by atoms with Crippen LogP contribution >= 0.6 is 0 Å². The molecule has 0 aromatic heterocycles. The molecule has 0 aliphatic carbocycles. The Morgan fingerprint density at radius 1 is 0.875 bits per heavy atom. The molecule has 1 rings (SSSR count). The number of phenolic OH excluding ortho intramolecular Hbond substituents is 2. The molecule has 1 aromatic rings. The maximum atomic E-state index is 11.1. The van der Waals surface area contributed by atoms with Gasteiger partial charge in [-0.3, -0.25) is 9.59 Å². The van der Waals surface area contributed by atoms with Crippen LogP contribution in [0.15, 0.2) is 12.1 Å². The maximum Gasteiger partial charge on any atom is 0.309 e. The zero-order valence-electron chi connectivity index (χ0n) is 20.3. The van der Waals surface area contributed by atoms with E-state index in [2.05, 4.69) is 0 Å². The molecule has 6 heteroatoms. The summed E-state index contributed by atoms with van der Waals surface area (Å²) >= 11 is 0. The highest BCUT2D eigenvalue weighted by molar-refractivity contribution is 5.73. The lowest BCUT2D eigenvalue weighted by Gasteiger charge is -2.22. The first-order valence-electron chi connectivity index (χ1n) is 11.9. The number of carbonyl (C=O) groups is 2. The average Bonchev–Trinajstić information content (AvgIpc) is 2.70. The topological polar surface area (TPSA) is 104 Å². The Balaban J connectivity index is 2.37. The quantitative estimate of drug-likeness (QED) is 0.149. The van der Waals surface area contributed by atoms with Gasteiger partial charge in [0, 0.05) is 0 Å². The van der Waals surface area contributed by atoms with Crippen LogP contribution in [0.1, 0.15) is 103 Å². The van der Waals surface area contributed by atoms with Crippen molar-refractivity contribution in [2.24, 2.45) is 5.41 Å². The normalized spacial score (nSPS) is 12.0. The van der Waals surface area contributed by atoms with E-state index in [-0.39, 0.29) is 11.5 Å². The number of unbranched alkanes of at least 4 members (excludes halogenated alkanes) is 6. The Kier molecular flexibility index (Phi) is 11.6. The largest absolute Gasteiger partial charge is 0.504 e. The highest BCUT2D eigenvalue weighted by Crippen LogP contribution is 2.32. The zero-order valence-corrected chi connectivity index (χ0v) is 20.3. The van der Waals surface area contributed by atoms with Crippen molar-refractivity contribution in [2.75, 3.05) is 0 Å². The lowest BCUT2D eigenvalue weighted by molar-refractivity contribution is -0.147. The summed E-state index contributed by atoms with van der Waals surface area (Å²) in [5, 5.41) is 29.5. The lowest BCUT2D eigenvalue weighted by Crippen LogP contribution is -2.23. The van der Waals surface area contributed by atoms with Crippen molar-refractivity contribution in [3.8, 4) is 11.5 Å². The molecular weight excluding hydrogens is 408 g/mol. The number of carboxylic acids is 1. The number of phenols is 2. The fourth-order valence-corrected chi connectivity index (χ4v) is 3.84. The Morgan fingerprint density at radius 2 is 1.44 bits per heavy atom. The monoisotopic (exact) mass is 450 g/mol. The Bertz CT molecular complexity index is 723. The molecule has 0 bridgehead atoms. The van der Waals surface area contributed by atoms with E-state index in [1.165, 1.54) is 0 Å². The van der Waals surface area contributed by atoms with Gasteiger partial charge in [0.25, 0.3) is 6.47 Å². The number of rotatable bonds is 17. The number of benzene rings is 1. The molecule has 0 heterocycles. The summed E-state index contributed by atoms with van der Waals surface area (Å²) in [6.45, 7) is 7.84. The molecule has 0 aliphatic rings. The summed E-state index contributed by atoms with van der Waals surface area (Å²) in [7, 11) is 0. The minimum absolute atomic E-state index is 0.0230. The Hall–Kier alpha value is -2.24. The van der Waals surface area contributed by atoms with Crippen LogP contribution in [-0.2, 0) is 27.2 Å². The predicted molar refractivity (Wildman–Crippen MR) is 126 cm³/mol. The molecule has 0 radical (unpaired) electrons. The fraction of sp³-hybridized carbons (Fsp3) is 0.692. The second-order valence-electron chi connectivity index (χ2n) is 10.1. The average molecular weight is 451 g/mol. The van der Waals surface area contributed by atoms with E-state index in [0.29, 0.717) is 19.3 Å². The molecule has 0 aliphatic heterocycles. The first-order valence-corrected chi connectivity index (χ1v) is 11.9. The number of ether oxygens (including phenoxy) is 1. The minimum atomic E-state index is -0.750. The Morgan fingerprint density at radius 3 is 2.03 bits per heavy atom. The van der Waals surface area contributed by atoms with Crippen LogP contribution in [0, 0.1) is 5.41 Å². The summed E-state index contributed by atoms with van der Waals surface area (Å²) in [6, 6.07) is 3.63. The molecule has 6 nitrogen and oxygen atoms in total. The SMILES string of the molecule is CC(C)(CCCCCCc1cc(CCCCCCC(C)(C)C(=O)O)cc(O)c1O)OC=O. The number of hydrogen-bond acceptors (Lipinski definition) is 5. The zero-order chi connectivity index (χ0) is 24.2. The van der Waals surface area contributed by atoms with E-state index in [4.69, 9.17) is 9.84 Å². The van der Waals surface area contributed by atoms with Gasteiger partial charge in [-0.15, -0.1) is 0 Å². The van der Waals surface area contributed by atoms with Crippen molar-refractivity contribution in [1.82, 2.24) is 0 Å². The predicted octanol–water partition coefficient (Wildman–Crippen LogP) is 6.15. The highest BCUT2D eigenvalue weighted by atomic mass is 16.5. The van der Waals surface area contributed by atoms with Crippen LogP contribution in [0.2, 0.25) is 0 Å². The van der Waals surface area contributed by atoms with E-state index in [9.17, 15) is 19.8 Å². The van der Waals surface area contributed by atoms with E-state index in [0.717, 1.165) is 75.3 Å². The first-order chi connectivity index (χ1) is 15.0. The molecule has 1 aromatic carbocycles. The molecule has 0 spiro atoms. The van der Waals surface area contributed by atoms with Crippen molar-refractivity contribution in [2.45, 2.75) is 110 Å². The minimum Gasteiger partial charge on any atom is -0.504 e. The van der Waals surface area contributed by atoms with E-state index in [1.807, 2.05) is 19.9 Å². The molecule has 32 heavy (non-hydrogen) atoms. The maximum absolute atomic E-state index is 11.1. The summed E-state index contributed by atoms with van der Waals surface area (Å²) in [6.07, 6.45) is 10.8. The van der Waals surface area contributed by atoms with E-state index >= 15 is 0 Å². The van der Waals surface area contributed by atoms with Gasteiger partial charge in [0.1, 0.15) is 5.60 Å². The molecule has 0 fully saturated rings. The molecule has 0 amide bonds. The van der Waals surface area contributed by atoms with Gasteiger partial charge in [0.2, 0.25) is 0 Å². The van der Waals surface area contributed by atoms with Crippen molar-refractivity contribution in [1.29, 1.82) is 0 Å². The standard InChI is InChI=1S/C26H42O6/c1-25(2,24(30)31)15-11-7-5-9-13-20-17-21(23(29)22(28)18-20)14-10-6-8-12-16-26(3,4)32-19-27/h17-19,28-29H,5-16H2,1-4H3,(H,30,31). The van der Waals surface area contributed by atoms with Crippen molar-refractivity contribution in [3.05, 3.63) is 23.3 Å². The van der Waals surface area contributed by atoms with E-state index < -0.39 is 17.0 Å². The van der Waals surface area contributed by atoms with Crippen LogP contribution in [0.4, 0.5) is 0 Å². The van der Waals surface area contributed by atoms with Crippen LogP contribution in [0.25, 0.3) is 0 Å². The number of aryl methyl sites for hydroxylation is 2. The summed E-state index contributed by atoms with van der Waals surface area (Å²) in [4.78, 5) is 21.6. The highest BCUT2D eigenvalue weighted by Gasteiger charge is 2.25. The summed E-state index contributed by atoms with van der Waals surface area (Å²) < 4.78 is 5.06. The second kappa shape index (κ2) is 13.3. The third-order valence-corrected chi connectivity index (χ3v) is 6.17. The molecule has 0 saturated carbocycles. The summed E-state index contributed by atoms with van der Waals surface area (Å²) in [5.41, 5.74) is 0.714. The number of aliphatic carboxylic acids is 1. The third kappa shape index (κ3) is 10.4. The van der Waals surface area contributed by atoms with Crippen LogP contribution < -0.4 is 0 Å². The van der Waals surface area contributed by atoms with Crippen molar-refractivity contribution in [3.63, 3.8) is 0 Å². The van der Waals surface area contributed by atoms with Crippen LogP contribution in [0.3, 0.4) is 0 Å². The van der Waals surface area contributed by atoms with Crippen molar-refractivity contribution < 1.29 is 29.6 Å². The van der Waals surface area contributed by atoms with Crippen LogP contribution in [-0.4, -0.2) is 33.4 Å². The number of carbonyl (C=O) groups excluding carboxylic acids is 1. The third-order valence-electron chi connectivity index (χ3n) is 6.17. The van der Waals surface area contributed by atoms with Gasteiger partial charge in [0.05, 0.1) is 5.41 Å². The van der Waals surface area contributed by atoms with Gasteiger partial charge < -0.3 is 20.1 Å². The van der Waals surface area contributed by atoms with E-state index in [1.54, 1.807) is 19.9 Å². The molecule has 3 N–H and O–H groups in total. The Labute approximate surface area is 193 Å². The first kappa shape index (κ1) is 27.8. The van der Waals surface area contributed by atoms with Crippen molar-refractivity contribution >= 4 is 12.4 Å².